The van der Waals surface area contributed by atoms with Crippen LogP contribution in [-0.2, 0) is 11.2 Å². The monoisotopic (exact) mass is 437 g/mol. The van der Waals surface area contributed by atoms with Gasteiger partial charge >= 0.3 is 5.97 Å². The second-order valence-corrected chi connectivity index (χ2v) is 7.15. The van der Waals surface area contributed by atoms with Crippen molar-refractivity contribution in [3.05, 3.63) is 75.0 Å². The number of nitrogens with zero attached hydrogens (tertiary/aromatic N) is 1. The van der Waals surface area contributed by atoms with Crippen molar-refractivity contribution in [1.29, 1.82) is 0 Å². The predicted molar refractivity (Wildman–Crippen MR) is 109 cm³/mol. The minimum absolute atomic E-state index is 0.112. The van der Waals surface area contributed by atoms with Crippen LogP contribution in [-0.4, -0.2) is 27.8 Å². The number of halogens is 3. The van der Waals surface area contributed by atoms with E-state index in [-0.39, 0.29) is 11.5 Å². The van der Waals surface area contributed by atoms with E-state index in [1.165, 1.54) is 12.1 Å². The SMILES string of the molecule is O=C(O)COc1cc(Cl)c(Cc2ccc(O)c(-c3ccnc(Cl)c3)c2)c(Cl)c1. The van der Waals surface area contributed by atoms with E-state index in [2.05, 4.69) is 4.98 Å². The Morgan fingerprint density at radius 2 is 1.75 bits per heavy atom. The van der Waals surface area contributed by atoms with Crippen molar-refractivity contribution in [3.8, 4) is 22.6 Å². The third-order valence-electron chi connectivity index (χ3n) is 3.96. The molecule has 0 spiro atoms. The smallest absolute Gasteiger partial charge is 0.341 e. The molecule has 0 radical (unpaired) electrons. The number of aromatic hydroxyl groups is 1. The van der Waals surface area contributed by atoms with Crippen molar-refractivity contribution in [2.75, 3.05) is 6.61 Å². The van der Waals surface area contributed by atoms with Crippen LogP contribution in [0.1, 0.15) is 11.1 Å². The lowest BCUT2D eigenvalue weighted by Crippen LogP contribution is -2.09. The second-order valence-electron chi connectivity index (χ2n) is 5.94. The summed E-state index contributed by atoms with van der Waals surface area (Å²) >= 11 is 18.6. The molecule has 28 heavy (non-hydrogen) atoms. The van der Waals surface area contributed by atoms with E-state index in [9.17, 15) is 9.90 Å². The predicted octanol–water partition coefficient (Wildman–Crippen LogP) is 5.47. The molecule has 3 rings (SSSR count). The third-order valence-corrected chi connectivity index (χ3v) is 4.84. The van der Waals surface area contributed by atoms with Crippen LogP contribution in [0, 0.1) is 0 Å². The molecule has 0 aliphatic heterocycles. The summed E-state index contributed by atoms with van der Waals surface area (Å²) in [4.78, 5) is 14.6. The maximum absolute atomic E-state index is 10.6. The fraction of sp³-hybridized carbons (Fsp3) is 0.100. The van der Waals surface area contributed by atoms with E-state index in [4.69, 9.17) is 44.6 Å². The van der Waals surface area contributed by atoms with Gasteiger partial charge < -0.3 is 14.9 Å². The number of aliphatic carboxylic acids is 1. The normalized spacial score (nSPS) is 10.7. The summed E-state index contributed by atoms with van der Waals surface area (Å²) in [6.45, 7) is -0.484. The zero-order valence-electron chi connectivity index (χ0n) is 14.3. The molecule has 0 bridgehead atoms. The van der Waals surface area contributed by atoms with Crippen molar-refractivity contribution in [1.82, 2.24) is 4.98 Å². The lowest BCUT2D eigenvalue weighted by Gasteiger charge is -2.12. The maximum atomic E-state index is 10.6. The Bertz CT molecular complexity index is 1020. The van der Waals surface area contributed by atoms with E-state index < -0.39 is 12.6 Å². The summed E-state index contributed by atoms with van der Waals surface area (Å²) in [5.41, 5.74) is 2.86. The number of phenolic OH excluding ortho intramolecular Hbond substituents is 1. The Balaban J connectivity index is 1.90. The summed E-state index contributed by atoms with van der Waals surface area (Å²) in [5, 5.41) is 19.9. The van der Waals surface area contributed by atoms with Crippen LogP contribution in [0.2, 0.25) is 15.2 Å². The molecule has 0 aliphatic carbocycles. The minimum atomic E-state index is -1.09. The van der Waals surface area contributed by atoms with Crippen LogP contribution in [0.3, 0.4) is 0 Å². The van der Waals surface area contributed by atoms with E-state index >= 15 is 0 Å². The Labute approximate surface area is 176 Å². The Morgan fingerprint density at radius 3 is 2.39 bits per heavy atom. The highest BCUT2D eigenvalue weighted by atomic mass is 35.5. The van der Waals surface area contributed by atoms with Gasteiger partial charge in [-0.3, -0.25) is 0 Å². The van der Waals surface area contributed by atoms with Crippen LogP contribution >= 0.6 is 34.8 Å². The zero-order valence-corrected chi connectivity index (χ0v) is 16.6. The lowest BCUT2D eigenvalue weighted by atomic mass is 9.98. The molecule has 5 nitrogen and oxygen atoms in total. The average molecular weight is 439 g/mol. The van der Waals surface area contributed by atoms with Crippen molar-refractivity contribution >= 4 is 40.8 Å². The average Bonchev–Trinajstić information content (AvgIpc) is 2.64. The van der Waals surface area contributed by atoms with Crippen LogP contribution in [0.5, 0.6) is 11.5 Å². The molecule has 1 heterocycles. The molecular formula is C20H14Cl3NO4. The first-order valence-corrected chi connectivity index (χ1v) is 9.23. The highest BCUT2D eigenvalue weighted by molar-refractivity contribution is 6.36. The van der Waals surface area contributed by atoms with E-state index in [0.717, 1.165) is 11.1 Å². The molecule has 0 saturated carbocycles. The summed E-state index contributed by atoms with van der Waals surface area (Å²) < 4.78 is 5.12. The van der Waals surface area contributed by atoms with Crippen molar-refractivity contribution < 1.29 is 19.7 Å². The second kappa shape index (κ2) is 8.69. The summed E-state index contributed by atoms with van der Waals surface area (Å²) in [6.07, 6.45) is 1.97. The van der Waals surface area contributed by atoms with Crippen LogP contribution < -0.4 is 4.74 Å². The van der Waals surface area contributed by atoms with Gasteiger partial charge in [-0.2, -0.15) is 0 Å². The van der Waals surface area contributed by atoms with Gasteiger partial charge in [0.1, 0.15) is 16.7 Å². The number of rotatable bonds is 6. The number of carbonyl (C=O) groups is 1. The molecule has 0 unspecified atom stereocenters. The van der Waals surface area contributed by atoms with Gasteiger partial charge in [0, 0.05) is 28.2 Å². The van der Waals surface area contributed by atoms with Crippen LogP contribution in [0.25, 0.3) is 11.1 Å². The number of phenols is 1. The number of ether oxygens (including phenoxy) is 1. The first-order chi connectivity index (χ1) is 13.3. The van der Waals surface area contributed by atoms with Gasteiger partial charge in [-0.1, -0.05) is 40.9 Å². The Morgan fingerprint density at radius 1 is 1.04 bits per heavy atom. The number of hydrogen-bond acceptors (Lipinski definition) is 4. The first kappa shape index (κ1) is 20.3. The van der Waals surface area contributed by atoms with E-state index in [1.54, 1.807) is 30.5 Å². The largest absolute Gasteiger partial charge is 0.507 e. The van der Waals surface area contributed by atoms with E-state index in [0.29, 0.717) is 32.7 Å². The third kappa shape index (κ3) is 4.87. The summed E-state index contributed by atoms with van der Waals surface area (Å²) in [6, 6.07) is 11.6. The number of pyridine rings is 1. The fourth-order valence-corrected chi connectivity index (χ4v) is 3.45. The van der Waals surface area contributed by atoms with Gasteiger partial charge in [-0.15, -0.1) is 0 Å². The number of carboxylic acids is 1. The summed E-state index contributed by atoms with van der Waals surface area (Å²) in [7, 11) is 0. The number of carboxylic acid groups (broad SMARTS) is 1. The molecular weight excluding hydrogens is 425 g/mol. The molecule has 0 aliphatic rings. The molecule has 2 N–H and O–H groups in total. The molecule has 2 aromatic carbocycles. The summed E-state index contributed by atoms with van der Waals surface area (Å²) in [5.74, 6) is -0.705. The maximum Gasteiger partial charge on any atom is 0.341 e. The highest BCUT2D eigenvalue weighted by Crippen LogP contribution is 2.35. The number of hydrogen-bond donors (Lipinski definition) is 2. The van der Waals surface area contributed by atoms with Crippen molar-refractivity contribution in [3.63, 3.8) is 0 Å². The molecule has 8 heteroatoms. The van der Waals surface area contributed by atoms with Gasteiger partial charge in [-0.05, 0) is 53.1 Å². The topological polar surface area (TPSA) is 79.7 Å². The molecule has 1 aromatic heterocycles. The first-order valence-electron chi connectivity index (χ1n) is 8.10. The van der Waals surface area contributed by atoms with Gasteiger partial charge in [0.2, 0.25) is 0 Å². The standard InChI is InChI=1S/C20H14Cl3NO4/c21-16-8-13(28-10-20(26)27)9-17(22)15(16)6-11-1-2-18(25)14(5-11)12-3-4-24-19(23)7-12/h1-5,7-9,25H,6,10H2,(H,26,27). The van der Waals surface area contributed by atoms with Crippen LogP contribution in [0.15, 0.2) is 48.7 Å². The highest BCUT2D eigenvalue weighted by Gasteiger charge is 2.13. The Hall–Kier alpha value is -2.47. The number of benzene rings is 2. The van der Waals surface area contributed by atoms with Gasteiger partial charge in [0.05, 0.1) is 0 Å². The van der Waals surface area contributed by atoms with Gasteiger partial charge in [-0.25, -0.2) is 9.78 Å². The van der Waals surface area contributed by atoms with Gasteiger partial charge in [0.15, 0.2) is 6.61 Å². The molecule has 0 fully saturated rings. The molecule has 144 valence electrons. The molecule has 0 atom stereocenters. The Kier molecular flexibility index (Phi) is 6.29. The van der Waals surface area contributed by atoms with Gasteiger partial charge in [0.25, 0.3) is 0 Å². The van der Waals surface area contributed by atoms with Crippen LogP contribution in [0.4, 0.5) is 0 Å². The van der Waals surface area contributed by atoms with E-state index in [1.807, 2.05) is 6.07 Å². The molecule has 0 amide bonds. The minimum Gasteiger partial charge on any atom is -0.507 e. The molecule has 0 saturated heterocycles. The van der Waals surface area contributed by atoms with Crippen molar-refractivity contribution in [2.24, 2.45) is 0 Å². The fourth-order valence-electron chi connectivity index (χ4n) is 2.68. The molecule has 3 aromatic rings. The quantitative estimate of drug-likeness (QED) is 0.499. The van der Waals surface area contributed by atoms with Crippen molar-refractivity contribution in [2.45, 2.75) is 6.42 Å². The zero-order chi connectivity index (χ0) is 20.3. The number of aromatic nitrogens is 1. The lowest BCUT2D eigenvalue weighted by molar-refractivity contribution is -0.139.